The lowest BCUT2D eigenvalue weighted by molar-refractivity contribution is -0.131. The highest BCUT2D eigenvalue weighted by atomic mass is 16.4. The number of carboxylic acid groups (broad SMARTS) is 1. The molecular weight excluding hydrogens is 206 g/mol. The van der Waals surface area contributed by atoms with Crippen molar-refractivity contribution in [1.29, 1.82) is 0 Å². The Hall–Kier alpha value is -2.10. The minimum atomic E-state index is -0.976. The molecule has 1 aromatic heterocycles. The molecule has 2 aromatic rings. The second-order valence-corrected chi connectivity index (χ2v) is 3.33. The van der Waals surface area contributed by atoms with Gasteiger partial charge < -0.3 is 9.52 Å². The molecule has 16 heavy (non-hydrogen) atoms. The standard InChI is InChI=1S/C12H11NO3/c1-2-10-13-12-8(6-7-11(14)15)4-3-5-9(12)16-10/h3-7H,2H2,1H3,(H,14,15)/b7-6+. The Labute approximate surface area is 92.2 Å². The largest absolute Gasteiger partial charge is 0.478 e. The Kier molecular flexibility index (Phi) is 2.72. The number of oxazole rings is 1. The van der Waals surface area contributed by atoms with Crippen molar-refractivity contribution in [1.82, 2.24) is 4.98 Å². The van der Waals surface area contributed by atoms with Gasteiger partial charge in [-0.2, -0.15) is 0 Å². The molecule has 1 heterocycles. The molecule has 0 unspecified atom stereocenters. The highest BCUT2D eigenvalue weighted by molar-refractivity contribution is 5.90. The molecule has 1 N–H and O–H groups in total. The zero-order chi connectivity index (χ0) is 11.5. The van der Waals surface area contributed by atoms with E-state index in [1.165, 1.54) is 6.08 Å². The van der Waals surface area contributed by atoms with Crippen molar-refractivity contribution < 1.29 is 14.3 Å². The van der Waals surface area contributed by atoms with E-state index in [9.17, 15) is 4.79 Å². The fourth-order valence-corrected chi connectivity index (χ4v) is 1.46. The third-order valence-electron chi connectivity index (χ3n) is 2.20. The summed E-state index contributed by atoms with van der Waals surface area (Å²) in [5.41, 5.74) is 2.14. The quantitative estimate of drug-likeness (QED) is 0.802. The zero-order valence-corrected chi connectivity index (χ0v) is 8.80. The number of hydrogen-bond donors (Lipinski definition) is 1. The molecule has 2 rings (SSSR count). The van der Waals surface area contributed by atoms with Gasteiger partial charge in [0.15, 0.2) is 11.5 Å². The summed E-state index contributed by atoms with van der Waals surface area (Å²) < 4.78 is 5.47. The van der Waals surface area contributed by atoms with E-state index in [2.05, 4.69) is 4.98 Å². The van der Waals surface area contributed by atoms with Crippen LogP contribution < -0.4 is 0 Å². The maximum atomic E-state index is 10.4. The number of aryl methyl sites for hydroxylation is 1. The Morgan fingerprint density at radius 2 is 2.38 bits per heavy atom. The van der Waals surface area contributed by atoms with Crippen LogP contribution in [0.15, 0.2) is 28.7 Å². The maximum absolute atomic E-state index is 10.4. The number of aromatic nitrogens is 1. The van der Waals surface area contributed by atoms with Crippen LogP contribution in [-0.4, -0.2) is 16.1 Å². The molecule has 4 nitrogen and oxygen atoms in total. The van der Waals surface area contributed by atoms with E-state index in [0.717, 1.165) is 18.1 Å². The van der Waals surface area contributed by atoms with Crippen LogP contribution in [0.2, 0.25) is 0 Å². The first-order chi connectivity index (χ1) is 7.70. The van der Waals surface area contributed by atoms with Crippen molar-refractivity contribution in [3.63, 3.8) is 0 Å². The summed E-state index contributed by atoms with van der Waals surface area (Å²) in [4.78, 5) is 14.7. The molecule has 82 valence electrons. The Bertz CT molecular complexity index is 554. The van der Waals surface area contributed by atoms with Crippen LogP contribution in [0, 0.1) is 0 Å². The highest BCUT2D eigenvalue weighted by Crippen LogP contribution is 2.20. The minimum absolute atomic E-state index is 0.658. The lowest BCUT2D eigenvalue weighted by Gasteiger charge is -1.92. The molecule has 0 aliphatic rings. The smallest absolute Gasteiger partial charge is 0.328 e. The zero-order valence-electron chi connectivity index (χ0n) is 8.80. The molecule has 0 saturated heterocycles. The molecule has 0 saturated carbocycles. The van der Waals surface area contributed by atoms with Crippen LogP contribution in [0.5, 0.6) is 0 Å². The van der Waals surface area contributed by atoms with Gasteiger partial charge in [-0.1, -0.05) is 19.1 Å². The summed E-state index contributed by atoms with van der Waals surface area (Å²) in [6.07, 6.45) is 3.33. The number of carboxylic acids is 1. The number of benzene rings is 1. The molecule has 0 spiro atoms. The van der Waals surface area contributed by atoms with Crippen LogP contribution in [0.1, 0.15) is 18.4 Å². The van der Waals surface area contributed by atoms with E-state index >= 15 is 0 Å². The molecule has 0 radical (unpaired) electrons. The van der Waals surface area contributed by atoms with Gasteiger partial charge in [-0.15, -0.1) is 0 Å². The van der Waals surface area contributed by atoms with Gasteiger partial charge in [-0.3, -0.25) is 0 Å². The van der Waals surface area contributed by atoms with Gasteiger partial charge in [-0.05, 0) is 12.1 Å². The van der Waals surface area contributed by atoms with Crippen molar-refractivity contribution in [3.05, 3.63) is 35.7 Å². The van der Waals surface area contributed by atoms with Crippen LogP contribution in [0.4, 0.5) is 0 Å². The summed E-state index contributed by atoms with van der Waals surface area (Å²) in [7, 11) is 0. The van der Waals surface area contributed by atoms with E-state index in [1.54, 1.807) is 0 Å². The van der Waals surface area contributed by atoms with Crippen LogP contribution in [-0.2, 0) is 11.2 Å². The molecule has 1 aromatic carbocycles. The number of nitrogens with zero attached hydrogens (tertiary/aromatic N) is 1. The minimum Gasteiger partial charge on any atom is -0.478 e. The number of fused-ring (bicyclic) bond motifs is 1. The number of carbonyl (C=O) groups is 1. The van der Waals surface area contributed by atoms with E-state index in [-0.39, 0.29) is 0 Å². The van der Waals surface area contributed by atoms with Crippen molar-refractivity contribution in [2.75, 3.05) is 0 Å². The number of rotatable bonds is 3. The molecular formula is C12H11NO3. The fraction of sp³-hybridized carbons (Fsp3) is 0.167. The molecule has 4 heteroatoms. The summed E-state index contributed by atoms with van der Waals surface area (Å²) in [5, 5.41) is 8.57. The summed E-state index contributed by atoms with van der Waals surface area (Å²) in [5.74, 6) is -0.317. The second kappa shape index (κ2) is 4.18. The first-order valence-corrected chi connectivity index (χ1v) is 5.00. The lowest BCUT2D eigenvalue weighted by atomic mass is 10.2. The van der Waals surface area contributed by atoms with Crippen LogP contribution in [0.3, 0.4) is 0 Å². The van der Waals surface area contributed by atoms with Crippen LogP contribution in [0.25, 0.3) is 17.2 Å². The summed E-state index contributed by atoms with van der Waals surface area (Å²) >= 11 is 0. The van der Waals surface area contributed by atoms with E-state index in [0.29, 0.717) is 17.0 Å². The molecule has 0 aliphatic heterocycles. The van der Waals surface area contributed by atoms with Crippen molar-refractivity contribution in [2.24, 2.45) is 0 Å². The first kappa shape index (κ1) is 10.4. The predicted molar refractivity (Wildman–Crippen MR) is 60.1 cm³/mol. The summed E-state index contributed by atoms with van der Waals surface area (Å²) in [6.45, 7) is 1.96. The molecule has 0 aliphatic carbocycles. The third-order valence-corrected chi connectivity index (χ3v) is 2.20. The van der Waals surface area contributed by atoms with E-state index < -0.39 is 5.97 Å². The van der Waals surface area contributed by atoms with Crippen molar-refractivity contribution in [3.8, 4) is 0 Å². The maximum Gasteiger partial charge on any atom is 0.328 e. The molecule has 0 amide bonds. The van der Waals surface area contributed by atoms with Crippen molar-refractivity contribution >= 4 is 23.1 Å². The van der Waals surface area contributed by atoms with Gasteiger partial charge in [0.25, 0.3) is 0 Å². The number of aliphatic carboxylic acids is 1. The second-order valence-electron chi connectivity index (χ2n) is 3.33. The first-order valence-electron chi connectivity index (χ1n) is 5.00. The predicted octanol–water partition coefficient (Wildman–Crippen LogP) is 2.49. The Balaban J connectivity index is 2.52. The molecule has 0 bridgehead atoms. The van der Waals surface area contributed by atoms with Gasteiger partial charge in [0.2, 0.25) is 0 Å². The monoisotopic (exact) mass is 217 g/mol. The average molecular weight is 217 g/mol. The van der Waals surface area contributed by atoms with Crippen molar-refractivity contribution in [2.45, 2.75) is 13.3 Å². The van der Waals surface area contributed by atoms with Crippen LogP contribution >= 0.6 is 0 Å². The SMILES string of the molecule is CCc1nc2c(/C=C/C(=O)O)cccc2o1. The summed E-state index contributed by atoms with van der Waals surface area (Å²) in [6, 6.07) is 5.44. The van der Waals surface area contributed by atoms with Gasteiger partial charge in [-0.25, -0.2) is 9.78 Å². The number of hydrogen-bond acceptors (Lipinski definition) is 3. The molecule has 0 atom stereocenters. The Morgan fingerprint density at radius 3 is 3.06 bits per heavy atom. The molecule has 0 fully saturated rings. The number of para-hydroxylation sites is 1. The normalized spacial score (nSPS) is 11.3. The third kappa shape index (κ3) is 1.95. The lowest BCUT2D eigenvalue weighted by Crippen LogP contribution is -1.86. The topological polar surface area (TPSA) is 63.3 Å². The van der Waals surface area contributed by atoms with Gasteiger partial charge in [0.05, 0.1) is 0 Å². The fourth-order valence-electron chi connectivity index (χ4n) is 1.46. The van der Waals surface area contributed by atoms with Gasteiger partial charge in [0, 0.05) is 18.1 Å². The Morgan fingerprint density at radius 1 is 1.56 bits per heavy atom. The van der Waals surface area contributed by atoms with Gasteiger partial charge >= 0.3 is 5.97 Å². The van der Waals surface area contributed by atoms with E-state index in [1.807, 2.05) is 25.1 Å². The van der Waals surface area contributed by atoms with Gasteiger partial charge in [0.1, 0.15) is 5.52 Å². The van der Waals surface area contributed by atoms with E-state index in [4.69, 9.17) is 9.52 Å². The highest BCUT2D eigenvalue weighted by Gasteiger charge is 2.06. The average Bonchev–Trinajstić information content (AvgIpc) is 2.69.